The third kappa shape index (κ3) is 8.51. The highest BCUT2D eigenvalue weighted by Crippen LogP contribution is 2.20. The van der Waals surface area contributed by atoms with Crippen LogP contribution in [0.4, 0.5) is 4.39 Å². The van der Waals surface area contributed by atoms with Crippen molar-refractivity contribution in [2.75, 3.05) is 40.0 Å². The van der Waals surface area contributed by atoms with Crippen LogP contribution in [0.5, 0.6) is 11.6 Å². The number of aromatic nitrogens is 1. The van der Waals surface area contributed by atoms with Gasteiger partial charge in [-0.25, -0.2) is 9.37 Å². The molecule has 2 heterocycles. The monoisotopic (exact) mass is 430 g/mol. The van der Waals surface area contributed by atoms with E-state index < -0.39 is 0 Å². The number of benzene rings is 1. The zero-order valence-corrected chi connectivity index (χ0v) is 18.0. The van der Waals surface area contributed by atoms with E-state index in [0.29, 0.717) is 24.1 Å². The second-order valence-electron chi connectivity index (χ2n) is 7.40. The molecule has 0 amide bonds. The Balaban J connectivity index is 1.33. The molecule has 1 aromatic carbocycles. The Labute approximate surface area is 183 Å². The third-order valence-corrected chi connectivity index (χ3v) is 4.97. The van der Waals surface area contributed by atoms with Crippen molar-refractivity contribution in [3.63, 3.8) is 0 Å². The van der Waals surface area contributed by atoms with E-state index in [-0.39, 0.29) is 5.82 Å². The zero-order valence-electron chi connectivity index (χ0n) is 18.0. The maximum atomic E-state index is 13.0. The van der Waals surface area contributed by atoms with Gasteiger partial charge in [0.25, 0.3) is 0 Å². The molecule has 0 bridgehead atoms. The van der Waals surface area contributed by atoms with E-state index >= 15 is 0 Å². The second kappa shape index (κ2) is 12.9. The summed E-state index contributed by atoms with van der Waals surface area (Å²) in [5.41, 5.74) is 0.995. The van der Waals surface area contributed by atoms with E-state index in [9.17, 15) is 4.39 Å². The molecule has 2 N–H and O–H groups in total. The fraction of sp³-hybridized carbons (Fsp3) is 0.478. The summed E-state index contributed by atoms with van der Waals surface area (Å²) in [6, 6.07) is 9.59. The van der Waals surface area contributed by atoms with Crippen LogP contribution < -0.4 is 15.4 Å². The average molecular weight is 431 g/mol. The van der Waals surface area contributed by atoms with Crippen LogP contribution in [0.2, 0.25) is 0 Å². The van der Waals surface area contributed by atoms with Crippen LogP contribution in [0.1, 0.15) is 24.8 Å². The minimum absolute atomic E-state index is 0.303. The SMILES string of the molecule is CN=C(NCCCOCC1CCOCC1)NCc1ccnc(Oc2ccc(F)cc2)c1. The van der Waals surface area contributed by atoms with Gasteiger partial charge in [0.05, 0.1) is 0 Å². The van der Waals surface area contributed by atoms with Crippen molar-refractivity contribution in [2.45, 2.75) is 25.8 Å². The second-order valence-corrected chi connectivity index (χ2v) is 7.40. The first-order chi connectivity index (χ1) is 15.2. The number of pyridine rings is 1. The molecular formula is C23H31FN4O3. The fourth-order valence-corrected chi connectivity index (χ4v) is 3.19. The molecule has 2 aromatic rings. The first kappa shape index (κ1) is 23.0. The van der Waals surface area contributed by atoms with E-state index in [2.05, 4.69) is 20.6 Å². The predicted octanol–water partition coefficient (Wildman–Crippen LogP) is 3.51. The molecule has 0 unspecified atom stereocenters. The van der Waals surface area contributed by atoms with Crippen LogP contribution in [-0.4, -0.2) is 51.0 Å². The topological polar surface area (TPSA) is 77.0 Å². The molecule has 0 saturated carbocycles. The van der Waals surface area contributed by atoms with Gasteiger partial charge < -0.3 is 24.8 Å². The van der Waals surface area contributed by atoms with E-state index in [1.165, 1.54) is 12.1 Å². The number of guanidine groups is 1. The van der Waals surface area contributed by atoms with Crippen LogP contribution in [0.25, 0.3) is 0 Å². The third-order valence-electron chi connectivity index (χ3n) is 4.97. The molecular weight excluding hydrogens is 399 g/mol. The molecule has 7 nitrogen and oxygen atoms in total. The van der Waals surface area contributed by atoms with E-state index in [1.54, 1.807) is 25.4 Å². The van der Waals surface area contributed by atoms with Gasteiger partial charge in [-0.15, -0.1) is 0 Å². The summed E-state index contributed by atoms with van der Waals surface area (Å²) in [7, 11) is 1.74. The molecule has 1 aliphatic heterocycles. The van der Waals surface area contributed by atoms with Gasteiger partial charge in [-0.05, 0) is 61.1 Å². The fourth-order valence-electron chi connectivity index (χ4n) is 3.19. The summed E-state index contributed by atoms with van der Waals surface area (Å²) >= 11 is 0. The summed E-state index contributed by atoms with van der Waals surface area (Å²) in [6.45, 7) is 4.62. The molecule has 1 aromatic heterocycles. The lowest BCUT2D eigenvalue weighted by molar-refractivity contribution is 0.0203. The molecule has 8 heteroatoms. The van der Waals surface area contributed by atoms with Gasteiger partial charge in [0.2, 0.25) is 5.88 Å². The summed E-state index contributed by atoms with van der Waals surface area (Å²) in [5, 5.41) is 6.57. The molecule has 0 radical (unpaired) electrons. The first-order valence-electron chi connectivity index (χ1n) is 10.7. The van der Waals surface area contributed by atoms with Crippen LogP contribution >= 0.6 is 0 Å². The average Bonchev–Trinajstić information content (AvgIpc) is 2.80. The normalized spacial score (nSPS) is 15.0. The Morgan fingerprint density at radius 2 is 2.00 bits per heavy atom. The van der Waals surface area contributed by atoms with Crippen molar-refractivity contribution in [2.24, 2.45) is 10.9 Å². The quantitative estimate of drug-likeness (QED) is 0.341. The summed E-state index contributed by atoms with van der Waals surface area (Å²) < 4.78 is 29.9. The molecule has 168 valence electrons. The Morgan fingerprint density at radius 3 is 2.77 bits per heavy atom. The summed E-state index contributed by atoms with van der Waals surface area (Å²) in [5.74, 6) is 2.05. The largest absolute Gasteiger partial charge is 0.439 e. The highest BCUT2D eigenvalue weighted by atomic mass is 19.1. The van der Waals surface area contributed by atoms with Gasteiger partial charge in [0, 0.05) is 58.8 Å². The number of nitrogens with zero attached hydrogens (tertiary/aromatic N) is 2. The summed E-state index contributed by atoms with van der Waals surface area (Å²) in [6.07, 6.45) is 4.79. The smallest absolute Gasteiger partial charge is 0.219 e. The Bertz CT molecular complexity index is 811. The Hall–Kier alpha value is -2.71. The van der Waals surface area contributed by atoms with Crippen LogP contribution in [-0.2, 0) is 16.0 Å². The minimum atomic E-state index is -0.303. The molecule has 0 atom stereocenters. The first-order valence-corrected chi connectivity index (χ1v) is 10.7. The van der Waals surface area contributed by atoms with Crippen molar-refractivity contribution in [1.82, 2.24) is 15.6 Å². The van der Waals surface area contributed by atoms with Gasteiger partial charge in [0.15, 0.2) is 5.96 Å². The standard InChI is InChI=1S/C23H31FN4O3/c1-25-23(27-10-2-12-30-17-18-8-13-29-14-9-18)28-16-19-7-11-26-22(15-19)31-21-5-3-20(24)4-6-21/h3-7,11,15,18H,2,8-10,12-14,16-17H2,1H3,(H2,25,27,28). The van der Waals surface area contributed by atoms with Gasteiger partial charge in [-0.2, -0.15) is 0 Å². The van der Waals surface area contributed by atoms with Gasteiger partial charge >= 0.3 is 0 Å². The van der Waals surface area contributed by atoms with Crippen molar-refractivity contribution >= 4 is 5.96 Å². The van der Waals surface area contributed by atoms with E-state index in [1.807, 2.05) is 12.1 Å². The predicted molar refractivity (Wildman–Crippen MR) is 118 cm³/mol. The highest BCUT2D eigenvalue weighted by Gasteiger charge is 2.13. The lowest BCUT2D eigenvalue weighted by Crippen LogP contribution is -2.37. The summed E-state index contributed by atoms with van der Waals surface area (Å²) in [4.78, 5) is 8.46. The molecule has 1 saturated heterocycles. The Morgan fingerprint density at radius 1 is 1.19 bits per heavy atom. The van der Waals surface area contributed by atoms with Crippen molar-refractivity contribution in [3.05, 3.63) is 54.0 Å². The molecule has 0 spiro atoms. The number of halogens is 1. The molecule has 0 aliphatic carbocycles. The van der Waals surface area contributed by atoms with E-state index in [0.717, 1.165) is 63.8 Å². The van der Waals surface area contributed by atoms with Gasteiger partial charge in [0.1, 0.15) is 11.6 Å². The van der Waals surface area contributed by atoms with E-state index in [4.69, 9.17) is 14.2 Å². The lowest BCUT2D eigenvalue weighted by Gasteiger charge is -2.21. The van der Waals surface area contributed by atoms with Crippen LogP contribution in [0, 0.1) is 11.7 Å². The zero-order chi connectivity index (χ0) is 21.7. The van der Waals surface area contributed by atoms with Crippen molar-refractivity contribution in [3.8, 4) is 11.6 Å². The van der Waals surface area contributed by atoms with Gasteiger partial charge in [-0.3, -0.25) is 4.99 Å². The number of ether oxygens (including phenoxy) is 3. The van der Waals surface area contributed by atoms with Crippen molar-refractivity contribution < 1.29 is 18.6 Å². The number of aliphatic imine (C=N–C) groups is 1. The number of hydrogen-bond donors (Lipinski definition) is 2. The maximum absolute atomic E-state index is 13.0. The van der Waals surface area contributed by atoms with Crippen LogP contribution in [0.15, 0.2) is 47.6 Å². The number of nitrogens with one attached hydrogen (secondary N) is 2. The maximum Gasteiger partial charge on any atom is 0.219 e. The minimum Gasteiger partial charge on any atom is -0.439 e. The van der Waals surface area contributed by atoms with Gasteiger partial charge in [-0.1, -0.05) is 0 Å². The number of hydrogen-bond acceptors (Lipinski definition) is 5. The molecule has 1 aliphatic rings. The van der Waals surface area contributed by atoms with Crippen LogP contribution in [0.3, 0.4) is 0 Å². The highest BCUT2D eigenvalue weighted by molar-refractivity contribution is 5.79. The molecule has 31 heavy (non-hydrogen) atoms. The van der Waals surface area contributed by atoms with Crippen molar-refractivity contribution in [1.29, 1.82) is 0 Å². The molecule has 3 rings (SSSR count). The lowest BCUT2D eigenvalue weighted by atomic mass is 10.0. The Kier molecular flexibility index (Phi) is 9.53. The number of rotatable bonds is 10. The molecule has 1 fully saturated rings.